The molecule has 0 saturated carbocycles. The molecule has 0 unspecified atom stereocenters. The van der Waals surface area contributed by atoms with Crippen molar-refractivity contribution in [3.63, 3.8) is 0 Å². The summed E-state index contributed by atoms with van der Waals surface area (Å²) in [7, 11) is -0.363. The summed E-state index contributed by atoms with van der Waals surface area (Å²) in [5.41, 5.74) is 2.63. The number of anilines is 1. The Morgan fingerprint density at radius 2 is 1.62 bits per heavy atom. The van der Waals surface area contributed by atoms with Gasteiger partial charge in [0, 0.05) is 6.42 Å². The number of hydroxylamine groups is 1. The minimum absolute atomic E-state index is 0.227. The van der Waals surface area contributed by atoms with Crippen LogP contribution in [0.1, 0.15) is 45.7 Å². The molecule has 2 aromatic carbocycles. The van der Waals surface area contributed by atoms with Crippen molar-refractivity contribution in [2.45, 2.75) is 51.4 Å². The van der Waals surface area contributed by atoms with Crippen LogP contribution in [0.2, 0.25) is 0 Å². The maximum absolute atomic E-state index is 6.20. The van der Waals surface area contributed by atoms with E-state index >= 15 is 0 Å². The molecular weight excluding hydrogens is 325 g/mol. The second kappa shape index (κ2) is 6.41. The van der Waals surface area contributed by atoms with Crippen molar-refractivity contribution in [3.8, 4) is 0 Å². The molecule has 2 heterocycles. The first-order valence-electron chi connectivity index (χ1n) is 9.30. The standard InChI is InChI=1S/C21H26BNO3/c1-20(2)21(3,4)26-22(25-20)17-11-8-12-18(15-17)23-19(13-14-24-23)16-9-6-5-7-10-16/h5-12,15,19H,13-14H2,1-4H3/t19-/m0/s1. The van der Waals surface area contributed by atoms with Crippen LogP contribution in [0.4, 0.5) is 5.69 Å². The van der Waals surface area contributed by atoms with Crippen LogP contribution in [0, 0.1) is 0 Å². The third-order valence-electron chi connectivity index (χ3n) is 5.74. The Hall–Kier alpha value is -1.82. The SMILES string of the molecule is CC1(C)OB(c2cccc(N3OCC[C@H]3c3ccccc3)c2)OC1(C)C. The molecule has 2 saturated heterocycles. The molecule has 2 aromatic rings. The minimum atomic E-state index is -0.363. The van der Waals surface area contributed by atoms with Gasteiger partial charge in [-0.2, -0.15) is 0 Å². The van der Waals surface area contributed by atoms with Crippen LogP contribution >= 0.6 is 0 Å². The van der Waals surface area contributed by atoms with Gasteiger partial charge in [0.05, 0.1) is 29.5 Å². The van der Waals surface area contributed by atoms with Crippen molar-refractivity contribution in [1.82, 2.24) is 0 Å². The van der Waals surface area contributed by atoms with Crippen LogP contribution in [0.3, 0.4) is 0 Å². The average Bonchev–Trinajstić information content (AvgIpc) is 3.19. The Morgan fingerprint density at radius 3 is 2.31 bits per heavy atom. The molecule has 0 aromatic heterocycles. The zero-order valence-corrected chi connectivity index (χ0v) is 15.9. The average molecular weight is 351 g/mol. The highest BCUT2D eigenvalue weighted by Gasteiger charge is 2.51. The van der Waals surface area contributed by atoms with Crippen molar-refractivity contribution in [1.29, 1.82) is 0 Å². The van der Waals surface area contributed by atoms with Crippen molar-refractivity contribution < 1.29 is 14.1 Å². The topological polar surface area (TPSA) is 30.9 Å². The fraction of sp³-hybridized carbons (Fsp3) is 0.429. The van der Waals surface area contributed by atoms with Crippen LogP contribution < -0.4 is 10.5 Å². The Morgan fingerprint density at radius 1 is 0.923 bits per heavy atom. The van der Waals surface area contributed by atoms with Gasteiger partial charge in [-0.3, -0.25) is 4.84 Å². The summed E-state index contributed by atoms with van der Waals surface area (Å²) in [5, 5.41) is 2.02. The van der Waals surface area contributed by atoms with Gasteiger partial charge in [-0.25, -0.2) is 5.06 Å². The Bertz CT molecular complexity index is 762. The molecule has 2 fully saturated rings. The molecule has 136 valence electrons. The van der Waals surface area contributed by atoms with Crippen LogP contribution in [-0.2, 0) is 14.1 Å². The Labute approximate surface area is 156 Å². The van der Waals surface area contributed by atoms with E-state index < -0.39 is 0 Å². The van der Waals surface area contributed by atoms with E-state index in [4.69, 9.17) is 14.1 Å². The first-order chi connectivity index (χ1) is 12.4. The molecule has 0 amide bonds. The van der Waals surface area contributed by atoms with Crippen molar-refractivity contribution in [2.24, 2.45) is 0 Å². The lowest BCUT2D eigenvalue weighted by molar-refractivity contribution is 0.00578. The maximum atomic E-state index is 6.20. The van der Waals surface area contributed by atoms with E-state index in [-0.39, 0.29) is 24.4 Å². The fourth-order valence-electron chi connectivity index (χ4n) is 3.49. The van der Waals surface area contributed by atoms with Gasteiger partial charge >= 0.3 is 7.12 Å². The molecule has 0 aliphatic carbocycles. The molecule has 5 heteroatoms. The second-order valence-corrected chi connectivity index (χ2v) is 8.06. The van der Waals surface area contributed by atoms with Crippen LogP contribution in [0.15, 0.2) is 54.6 Å². The molecule has 2 aliphatic rings. The summed E-state index contributed by atoms with van der Waals surface area (Å²) < 4.78 is 12.4. The van der Waals surface area contributed by atoms with Gasteiger partial charge in [0.1, 0.15) is 0 Å². The Balaban J connectivity index is 1.60. The van der Waals surface area contributed by atoms with E-state index in [1.165, 1.54) is 5.56 Å². The van der Waals surface area contributed by atoms with Crippen LogP contribution in [0.5, 0.6) is 0 Å². The number of hydrogen-bond donors (Lipinski definition) is 0. The first kappa shape index (κ1) is 17.6. The molecule has 26 heavy (non-hydrogen) atoms. The van der Waals surface area contributed by atoms with E-state index in [1.807, 2.05) is 17.2 Å². The van der Waals surface area contributed by atoms with E-state index in [0.717, 1.165) is 24.2 Å². The van der Waals surface area contributed by atoms with Crippen LogP contribution in [0.25, 0.3) is 0 Å². The van der Waals surface area contributed by atoms with Crippen LogP contribution in [-0.4, -0.2) is 24.9 Å². The number of rotatable bonds is 3. The predicted octanol–water partition coefficient (Wildman–Crippen LogP) is 3.87. The fourth-order valence-corrected chi connectivity index (χ4v) is 3.49. The highest BCUT2D eigenvalue weighted by atomic mass is 16.7. The summed E-state index contributed by atoms with van der Waals surface area (Å²) >= 11 is 0. The predicted molar refractivity (Wildman–Crippen MR) is 104 cm³/mol. The lowest BCUT2D eigenvalue weighted by atomic mass is 9.79. The quantitative estimate of drug-likeness (QED) is 0.786. The van der Waals surface area contributed by atoms with E-state index in [2.05, 4.69) is 70.2 Å². The van der Waals surface area contributed by atoms with E-state index in [0.29, 0.717) is 0 Å². The molecule has 2 aliphatic heterocycles. The molecule has 4 rings (SSSR count). The zero-order valence-electron chi connectivity index (χ0n) is 15.9. The van der Waals surface area contributed by atoms with Gasteiger partial charge in [-0.05, 0) is 50.9 Å². The summed E-state index contributed by atoms with van der Waals surface area (Å²) in [6.07, 6.45) is 0.977. The smallest absolute Gasteiger partial charge is 0.399 e. The summed E-state index contributed by atoms with van der Waals surface area (Å²) in [6.45, 7) is 9.02. The van der Waals surface area contributed by atoms with Crippen molar-refractivity contribution in [2.75, 3.05) is 11.7 Å². The molecule has 0 N–H and O–H groups in total. The van der Waals surface area contributed by atoms with E-state index in [9.17, 15) is 0 Å². The lowest BCUT2D eigenvalue weighted by Crippen LogP contribution is -2.41. The third-order valence-corrected chi connectivity index (χ3v) is 5.74. The normalized spacial score (nSPS) is 24.2. The monoisotopic (exact) mass is 351 g/mol. The Kier molecular flexibility index (Phi) is 4.34. The molecule has 1 atom stereocenters. The third kappa shape index (κ3) is 3.04. The number of benzene rings is 2. The second-order valence-electron chi connectivity index (χ2n) is 8.06. The highest BCUT2D eigenvalue weighted by molar-refractivity contribution is 6.62. The van der Waals surface area contributed by atoms with Crippen molar-refractivity contribution in [3.05, 3.63) is 60.2 Å². The number of hydrogen-bond acceptors (Lipinski definition) is 4. The summed E-state index contributed by atoms with van der Waals surface area (Å²) in [4.78, 5) is 5.96. The molecule has 0 radical (unpaired) electrons. The summed E-state index contributed by atoms with van der Waals surface area (Å²) in [6, 6.07) is 19.0. The molecule has 0 spiro atoms. The van der Waals surface area contributed by atoms with Crippen molar-refractivity contribution >= 4 is 18.3 Å². The van der Waals surface area contributed by atoms with Gasteiger partial charge in [0.2, 0.25) is 0 Å². The molecule has 4 nitrogen and oxygen atoms in total. The van der Waals surface area contributed by atoms with Gasteiger partial charge in [-0.15, -0.1) is 0 Å². The number of nitrogens with zero attached hydrogens (tertiary/aromatic N) is 1. The molecular formula is C21H26BNO3. The van der Waals surface area contributed by atoms with Gasteiger partial charge < -0.3 is 9.31 Å². The van der Waals surface area contributed by atoms with E-state index in [1.54, 1.807) is 0 Å². The summed E-state index contributed by atoms with van der Waals surface area (Å²) in [5.74, 6) is 0. The zero-order chi connectivity index (χ0) is 18.4. The largest absolute Gasteiger partial charge is 0.494 e. The van der Waals surface area contributed by atoms with Gasteiger partial charge in [-0.1, -0.05) is 42.5 Å². The van der Waals surface area contributed by atoms with Gasteiger partial charge in [0.25, 0.3) is 0 Å². The highest BCUT2D eigenvalue weighted by Crippen LogP contribution is 2.38. The minimum Gasteiger partial charge on any atom is -0.399 e. The molecule has 0 bridgehead atoms. The maximum Gasteiger partial charge on any atom is 0.494 e. The first-order valence-corrected chi connectivity index (χ1v) is 9.30. The lowest BCUT2D eigenvalue weighted by Gasteiger charge is -2.32. The van der Waals surface area contributed by atoms with Gasteiger partial charge in [0.15, 0.2) is 0 Å².